The van der Waals surface area contributed by atoms with E-state index >= 15 is 0 Å². The van der Waals surface area contributed by atoms with Crippen molar-refractivity contribution in [2.45, 2.75) is 31.0 Å². The van der Waals surface area contributed by atoms with Crippen molar-refractivity contribution >= 4 is 17.4 Å². The molecule has 0 aliphatic rings. The molecule has 0 aliphatic carbocycles. The van der Waals surface area contributed by atoms with E-state index in [1.807, 2.05) is 47.9 Å². The number of thioether (sulfide) groups is 1. The molecule has 0 unspecified atom stereocenters. The molecule has 0 atom stereocenters. The van der Waals surface area contributed by atoms with E-state index in [4.69, 9.17) is 9.47 Å². The Bertz CT molecular complexity index is 1300. The van der Waals surface area contributed by atoms with Gasteiger partial charge in [0.15, 0.2) is 11.0 Å². The monoisotopic (exact) mass is 449 g/mol. The van der Waals surface area contributed by atoms with Gasteiger partial charge in [0.1, 0.15) is 23.8 Å². The van der Waals surface area contributed by atoms with E-state index in [0.717, 1.165) is 11.3 Å². The Hall–Kier alpha value is -3.59. The lowest BCUT2D eigenvalue weighted by atomic mass is 10.3. The average molecular weight is 450 g/mol. The molecule has 9 heteroatoms. The summed E-state index contributed by atoms with van der Waals surface area (Å²) in [5.74, 6) is 2.66. The van der Waals surface area contributed by atoms with Crippen molar-refractivity contribution in [1.82, 2.24) is 24.1 Å². The fraction of sp³-hybridized carbons (Fsp3) is 0.217. The second-order valence-electron chi connectivity index (χ2n) is 7.07. The van der Waals surface area contributed by atoms with Crippen molar-refractivity contribution in [3.8, 4) is 11.5 Å². The number of ether oxygens (including phenoxy) is 2. The third-order valence-electron chi connectivity index (χ3n) is 4.76. The number of aromatic nitrogens is 5. The number of benzene rings is 1. The predicted molar refractivity (Wildman–Crippen MR) is 123 cm³/mol. The lowest BCUT2D eigenvalue weighted by molar-refractivity contribution is 0.288. The minimum absolute atomic E-state index is 0.105. The summed E-state index contributed by atoms with van der Waals surface area (Å²) in [6, 6.07) is 12.7. The van der Waals surface area contributed by atoms with Gasteiger partial charge < -0.3 is 9.47 Å². The highest BCUT2D eigenvalue weighted by Crippen LogP contribution is 2.23. The minimum Gasteiger partial charge on any atom is -0.497 e. The first-order valence-corrected chi connectivity index (χ1v) is 11.0. The van der Waals surface area contributed by atoms with Crippen LogP contribution in [0.1, 0.15) is 17.1 Å². The Labute approximate surface area is 189 Å². The van der Waals surface area contributed by atoms with Gasteiger partial charge in [-0.3, -0.25) is 13.8 Å². The Morgan fingerprint density at radius 2 is 1.91 bits per heavy atom. The molecular formula is C23H23N5O3S. The summed E-state index contributed by atoms with van der Waals surface area (Å²) in [6.07, 6.45) is 3.53. The molecule has 0 amide bonds. The number of rotatable bonds is 9. The first-order chi connectivity index (χ1) is 15.6. The Kier molecular flexibility index (Phi) is 6.55. The molecule has 4 aromatic rings. The van der Waals surface area contributed by atoms with Crippen LogP contribution in [0.5, 0.6) is 11.5 Å². The summed E-state index contributed by atoms with van der Waals surface area (Å²) in [5.41, 5.74) is 2.27. The topological polar surface area (TPSA) is 83.5 Å². The largest absolute Gasteiger partial charge is 0.497 e. The fourth-order valence-corrected chi connectivity index (χ4v) is 3.99. The van der Waals surface area contributed by atoms with E-state index in [2.05, 4.69) is 21.8 Å². The Balaban J connectivity index is 1.49. The lowest BCUT2D eigenvalue weighted by Crippen LogP contribution is -2.15. The van der Waals surface area contributed by atoms with E-state index < -0.39 is 0 Å². The highest BCUT2D eigenvalue weighted by atomic mass is 32.2. The number of methoxy groups -OCH3 is 1. The Morgan fingerprint density at radius 3 is 2.66 bits per heavy atom. The summed E-state index contributed by atoms with van der Waals surface area (Å²) in [4.78, 5) is 17.0. The maximum atomic E-state index is 12.4. The third kappa shape index (κ3) is 4.83. The number of pyridine rings is 1. The van der Waals surface area contributed by atoms with E-state index in [9.17, 15) is 4.79 Å². The highest BCUT2D eigenvalue weighted by molar-refractivity contribution is 7.98. The number of nitrogens with zero attached hydrogens (tertiary/aromatic N) is 5. The van der Waals surface area contributed by atoms with Crippen LogP contribution in [-0.2, 0) is 18.9 Å². The number of fused-ring (bicyclic) bond motifs is 1. The zero-order chi connectivity index (χ0) is 22.5. The van der Waals surface area contributed by atoms with Crippen LogP contribution < -0.4 is 15.0 Å². The summed E-state index contributed by atoms with van der Waals surface area (Å²) >= 11 is 1.47. The first kappa shape index (κ1) is 21.6. The van der Waals surface area contributed by atoms with Crippen molar-refractivity contribution in [3.63, 3.8) is 0 Å². The Morgan fingerprint density at radius 1 is 1.12 bits per heavy atom. The van der Waals surface area contributed by atoms with Crippen LogP contribution in [-0.4, -0.2) is 31.3 Å². The molecule has 32 heavy (non-hydrogen) atoms. The molecule has 164 valence electrons. The zero-order valence-corrected chi connectivity index (χ0v) is 18.7. The van der Waals surface area contributed by atoms with Gasteiger partial charge in [0.2, 0.25) is 0 Å². The van der Waals surface area contributed by atoms with Crippen molar-refractivity contribution < 1.29 is 9.47 Å². The summed E-state index contributed by atoms with van der Waals surface area (Å²) in [5, 5.41) is 9.30. The quantitative estimate of drug-likeness (QED) is 0.285. The number of allylic oxidation sites excluding steroid dienone is 1. The normalized spacial score (nSPS) is 10.9. The van der Waals surface area contributed by atoms with Crippen LogP contribution in [0.3, 0.4) is 0 Å². The molecule has 0 bridgehead atoms. The number of hydrogen-bond donors (Lipinski definition) is 0. The van der Waals surface area contributed by atoms with Crippen LogP contribution >= 0.6 is 11.8 Å². The van der Waals surface area contributed by atoms with Gasteiger partial charge in [0, 0.05) is 24.6 Å². The van der Waals surface area contributed by atoms with Crippen molar-refractivity contribution in [2.75, 3.05) is 7.11 Å². The molecule has 3 aromatic heterocycles. The van der Waals surface area contributed by atoms with E-state index in [-0.39, 0.29) is 12.2 Å². The molecule has 0 saturated carbocycles. The molecular weight excluding hydrogens is 426 g/mol. The number of hydrogen-bond acceptors (Lipinski definition) is 7. The van der Waals surface area contributed by atoms with E-state index in [1.54, 1.807) is 25.4 Å². The van der Waals surface area contributed by atoms with Crippen molar-refractivity contribution in [3.05, 3.63) is 88.8 Å². The van der Waals surface area contributed by atoms with Crippen molar-refractivity contribution in [2.24, 2.45) is 0 Å². The maximum absolute atomic E-state index is 12.4. The van der Waals surface area contributed by atoms with Crippen molar-refractivity contribution in [1.29, 1.82) is 0 Å². The lowest BCUT2D eigenvalue weighted by Gasteiger charge is -2.10. The van der Waals surface area contributed by atoms with Gasteiger partial charge in [0.05, 0.1) is 12.8 Å². The SMILES string of the molecule is C=CCn1c(COc2ccc(OC)cc2)nnc1SCc1cc(=O)n2ccc(C)cc2n1. The van der Waals surface area contributed by atoms with Crippen LogP contribution in [0, 0.1) is 6.92 Å². The van der Waals surface area contributed by atoms with Gasteiger partial charge in [-0.1, -0.05) is 17.8 Å². The smallest absolute Gasteiger partial charge is 0.258 e. The molecule has 0 radical (unpaired) electrons. The van der Waals surface area contributed by atoms with Crippen LogP contribution in [0.15, 0.2) is 71.3 Å². The minimum atomic E-state index is -0.105. The van der Waals surface area contributed by atoms with Gasteiger partial charge in [-0.05, 0) is 48.9 Å². The van der Waals surface area contributed by atoms with Crippen LogP contribution in [0.2, 0.25) is 0 Å². The fourth-order valence-electron chi connectivity index (χ4n) is 3.13. The summed E-state index contributed by atoms with van der Waals surface area (Å²) in [6.45, 7) is 6.62. The first-order valence-electron chi connectivity index (χ1n) is 9.99. The molecule has 0 fully saturated rings. The average Bonchev–Trinajstić information content (AvgIpc) is 3.18. The number of aryl methyl sites for hydroxylation is 1. The molecule has 4 rings (SSSR count). The van der Waals surface area contributed by atoms with Gasteiger partial charge in [-0.25, -0.2) is 4.98 Å². The molecule has 0 aliphatic heterocycles. The van der Waals surface area contributed by atoms with E-state index in [0.29, 0.717) is 40.4 Å². The molecule has 0 saturated heterocycles. The second-order valence-corrected chi connectivity index (χ2v) is 8.01. The zero-order valence-electron chi connectivity index (χ0n) is 17.9. The predicted octanol–water partition coefficient (Wildman–Crippen LogP) is 3.66. The molecule has 1 aromatic carbocycles. The van der Waals surface area contributed by atoms with Gasteiger partial charge >= 0.3 is 0 Å². The molecule has 0 spiro atoms. The molecule has 0 N–H and O–H groups in total. The van der Waals surface area contributed by atoms with Gasteiger partial charge in [0.25, 0.3) is 5.56 Å². The standard InChI is InChI=1S/C23H23N5O3S/c1-4-10-28-21(14-31-19-7-5-18(30-3)6-8-19)25-26-23(28)32-15-17-13-22(29)27-11-9-16(2)12-20(27)24-17/h4-9,11-13H,1,10,14-15H2,2-3H3. The summed E-state index contributed by atoms with van der Waals surface area (Å²) < 4.78 is 14.5. The maximum Gasteiger partial charge on any atom is 0.258 e. The van der Waals surface area contributed by atoms with Gasteiger partial charge in [-0.2, -0.15) is 0 Å². The molecule has 3 heterocycles. The van der Waals surface area contributed by atoms with Gasteiger partial charge in [-0.15, -0.1) is 16.8 Å². The van der Waals surface area contributed by atoms with Crippen LogP contribution in [0.25, 0.3) is 5.65 Å². The third-order valence-corrected chi connectivity index (χ3v) is 5.76. The molecule has 8 nitrogen and oxygen atoms in total. The second kappa shape index (κ2) is 9.69. The highest BCUT2D eigenvalue weighted by Gasteiger charge is 2.14. The van der Waals surface area contributed by atoms with E-state index in [1.165, 1.54) is 16.2 Å². The summed E-state index contributed by atoms with van der Waals surface area (Å²) in [7, 11) is 1.62. The van der Waals surface area contributed by atoms with Crippen LogP contribution in [0.4, 0.5) is 0 Å².